The fourth-order valence-corrected chi connectivity index (χ4v) is 4.60. The van der Waals surface area contributed by atoms with Crippen LogP contribution in [0.4, 0.5) is 0 Å². The molecule has 1 aliphatic heterocycles. The van der Waals surface area contributed by atoms with Gasteiger partial charge in [-0.1, -0.05) is 43.7 Å². The van der Waals surface area contributed by atoms with Crippen molar-refractivity contribution in [1.82, 2.24) is 14.5 Å². The second-order valence-corrected chi connectivity index (χ2v) is 7.87. The normalized spacial score (nSPS) is 17.3. The maximum absolute atomic E-state index is 12.9. The summed E-state index contributed by atoms with van der Waals surface area (Å²) >= 11 is 1.59. The third-order valence-electron chi connectivity index (χ3n) is 4.83. The molecule has 3 aromatic rings. The number of thiophene rings is 1. The van der Waals surface area contributed by atoms with Crippen molar-refractivity contribution < 1.29 is 4.79 Å². The molecule has 5 nitrogen and oxygen atoms in total. The Balaban J connectivity index is 1.59. The van der Waals surface area contributed by atoms with E-state index in [1.54, 1.807) is 22.2 Å². The van der Waals surface area contributed by atoms with Crippen molar-refractivity contribution in [3.8, 4) is 0 Å². The van der Waals surface area contributed by atoms with Gasteiger partial charge in [0, 0.05) is 24.4 Å². The number of likely N-dealkylation sites (tertiary alicyclic amines) is 1. The average molecular weight is 367 g/mol. The van der Waals surface area contributed by atoms with E-state index in [1.807, 2.05) is 41.3 Å². The van der Waals surface area contributed by atoms with Crippen LogP contribution in [-0.2, 0) is 17.8 Å². The number of hydrogen-bond acceptors (Lipinski definition) is 4. The van der Waals surface area contributed by atoms with Gasteiger partial charge in [-0.2, -0.15) is 0 Å². The van der Waals surface area contributed by atoms with Crippen LogP contribution in [0, 0.1) is 0 Å². The molecule has 3 heterocycles. The molecule has 4 rings (SSSR count). The third-order valence-corrected chi connectivity index (χ3v) is 5.93. The van der Waals surface area contributed by atoms with Crippen LogP contribution >= 0.6 is 11.3 Å². The second kappa shape index (κ2) is 7.03. The van der Waals surface area contributed by atoms with Crippen molar-refractivity contribution >= 4 is 27.5 Å². The molecule has 0 unspecified atom stereocenters. The number of amides is 1. The Hall–Kier alpha value is -2.47. The van der Waals surface area contributed by atoms with Gasteiger partial charge in [-0.05, 0) is 18.1 Å². The highest BCUT2D eigenvalue weighted by atomic mass is 32.1. The molecule has 1 aliphatic rings. The SMILES string of the molecule is CCCc1cc2c(=O)n([C@@H]3CC(=O)N(Cc4ccccc4)C3)cnc2s1. The van der Waals surface area contributed by atoms with Crippen molar-refractivity contribution in [2.45, 2.75) is 38.8 Å². The minimum absolute atomic E-state index is 0.0343. The molecule has 0 bridgehead atoms. The molecule has 2 aromatic heterocycles. The second-order valence-electron chi connectivity index (χ2n) is 6.76. The van der Waals surface area contributed by atoms with Gasteiger partial charge in [0.1, 0.15) is 4.83 Å². The number of hydrogen-bond donors (Lipinski definition) is 0. The van der Waals surface area contributed by atoms with Gasteiger partial charge in [0.05, 0.1) is 17.8 Å². The molecule has 0 aliphatic carbocycles. The van der Waals surface area contributed by atoms with E-state index in [0.717, 1.165) is 23.2 Å². The zero-order chi connectivity index (χ0) is 18.1. The lowest BCUT2D eigenvalue weighted by Gasteiger charge is -2.17. The van der Waals surface area contributed by atoms with E-state index < -0.39 is 0 Å². The van der Waals surface area contributed by atoms with Gasteiger partial charge in [-0.3, -0.25) is 14.2 Å². The number of carbonyl (C=O) groups excluding carboxylic acids is 1. The van der Waals surface area contributed by atoms with Gasteiger partial charge < -0.3 is 4.90 Å². The van der Waals surface area contributed by atoms with Crippen molar-refractivity contribution in [1.29, 1.82) is 0 Å². The first-order valence-corrected chi connectivity index (χ1v) is 9.78. The summed E-state index contributed by atoms with van der Waals surface area (Å²) in [6, 6.07) is 11.8. The van der Waals surface area contributed by atoms with Crippen molar-refractivity contribution in [3.63, 3.8) is 0 Å². The zero-order valence-electron chi connectivity index (χ0n) is 14.7. The van der Waals surface area contributed by atoms with E-state index in [4.69, 9.17) is 0 Å². The molecule has 6 heteroatoms. The molecule has 1 atom stereocenters. The monoisotopic (exact) mass is 367 g/mol. The van der Waals surface area contributed by atoms with Crippen molar-refractivity contribution in [2.24, 2.45) is 0 Å². The summed E-state index contributed by atoms with van der Waals surface area (Å²) in [6.07, 6.45) is 3.98. The summed E-state index contributed by atoms with van der Waals surface area (Å²) in [6.45, 7) is 3.26. The predicted molar refractivity (Wildman–Crippen MR) is 103 cm³/mol. The highest BCUT2D eigenvalue weighted by Gasteiger charge is 2.31. The number of aryl methyl sites for hydroxylation is 1. The molecule has 26 heavy (non-hydrogen) atoms. The summed E-state index contributed by atoms with van der Waals surface area (Å²) in [5, 5.41) is 0.676. The molecule has 0 N–H and O–H groups in total. The van der Waals surface area contributed by atoms with Crippen molar-refractivity contribution in [2.75, 3.05) is 6.54 Å². The molecule has 1 fully saturated rings. The van der Waals surface area contributed by atoms with E-state index in [9.17, 15) is 9.59 Å². The number of carbonyl (C=O) groups is 1. The summed E-state index contributed by atoms with van der Waals surface area (Å²) in [5.41, 5.74) is 1.07. The molecule has 134 valence electrons. The van der Waals surface area contributed by atoms with Gasteiger partial charge in [-0.25, -0.2) is 4.98 Å². The maximum Gasteiger partial charge on any atom is 0.262 e. The van der Waals surface area contributed by atoms with Gasteiger partial charge in [-0.15, -0.1) is 11.3 Å². The average Bonchev–Trinajstić information content (AvgIpc) is 3.21. The first-order valence-electron chi connectivity index (χ1n) is 8.97. The lowest BCUT2D eigenvalue weighted by atomic mass is 10.2. The van der Waals surface area contributed by atoms with Crippen LogP contribution in [0.15, 0.2) is 47.5 Å². The summed E-state index contributed by atoms with van der Waals surface area (Å²) in [4.78, 5) is 33.6. The van der Waals surface area contributed by atoms with Crippen LogP contribution in [0.3, 0.4) is 0 Å². The first kappa shape index (κ1) is 17.0. The van der Waals surface area contributed by atoms with Crippen LogP contribution in [0.5, 0.6) is 0 Å². The largest absolute Gasteiger partial charge is 0.336 e. The molecular formula is C20H21N3O2S. The molecule has 0 saturated carbocycles. The molecule has 0 spiro atoms. The highest BCUT2D eigenvalue weighted by Crippen LogP contribution is 2.26. The summed E-state index contributed by atoms with van der Waals surface area (Å²) in [5.74, 6) is 0.0860. The standard InChI is InChI=1S/C20H21N3O2S/c1-2-6-16-10-17-19(26-16)21-13-23(20(17)25)15-9-18(24)22(12-15)11-14-7-4-3-5-8-14/h3-5,7-8,10,13,15H,2,6,9,11-12H2,1H3/t15-/m1/s1. The van der Waals surface area contributed by atoms with E-state index in [0.29, 0.717) is 24.9 Å². The minimum atomic E-state index is -0.148. The minimum Gasteiger partial charge on any atom is -0.336 e. The van der Waals surface area contributed by atoms with Crippen molar-refractivity contribution in [3.05, 3.63) is 63.5 Å². The van der Waals surface area contributed by atoms with Crippen LogP contribution < -0.4 is 5.56 Å². The molecular weight excluding hydrogens is 346 g/mol. The Morgan fingerprint density at radius 3 is 2.81 bits per heavy atom. The Morgan fingerprint density at radius 2 is 2.04 bits per heavy atom. The molecule has 0 radical (unpaired) electrons. The smallest absolute Gasteiger partial charge is 0.262 e. The lowest BCUT2D eigenvalue weighted by Crippen LogP contribution is -2.28. The summed E-state index contributed by atoms with van der Waals surface area (Å²) < 4.78 is 1.65. The van der Waals surface area contributed by atoms with Crippen LogP contribution in [-0.4, -0.2) is 26.9 Å². The van der Waals surface area contributed by atoms with E-state index in [2.05, 4.69) is 11.9 Å². The van der Waals surface area contributed by atoms with Gasteiger partial charge in [0.2, 0.25) is 5.91 Å². The topological polar surface area (TPSA) is 55.2 Å². The number of fused-ring (bicyclic) bond motifs is 1. The van der Waals surface area contributed by atoms with Crippen LogP contribution in [0.2, 0.25) is 0 Å². The maximum atomic E-state index is 12.9. The lowest BCUT2D eigenvalue weighted by molar-refractivity contribution is -0.128. The number of benzene rings is 1. The Kier molecular flexibility index (Phi) is 4.59. The molecule has 1 saturated heterocycles. The summed E-state index contributed by atoms with van der Waals surface area (Å²) in [7, 11) is 0. The van der Waals surface area contributed by atoms with E-state index in [-0.39, 0.29) is 17.5 Å². The quantitative estimate of drug-likeness (QED) is 0.695. The molecule has 1 amide bonds. The zero-order valence-corrected chi connectivity index (χ0v) is 15.5. The number of rotatable bonds is 5. The van der Waals surface area contributed by atoms with Crippen LogP contribution in [0.25, 0.3) is 10.2 Å². The predicted octanol–water partition coefficient (Wildman–Crippen LogP) is 3.38. The molecule has 1 aromatic carbocycles. The highest BCUT2D eigenvalue weighted by molar-refractivity contribution is 7.18. The van der Waals surface area contributed by atoms with E-state index in [1.165, 1.54) is 4.88 Å². The van der Waals surface area contributed by atoms with Gasteiger partial charge in [0.15, 0.2) is 0 Å². The Morgan fingerprint density at radius 1 is 1.23 bits per heavy atom. The van der Waals surface area contributed by atoms with Crippen LogP contribution in [0.1, 0.15) is 36.2 Å². The third kappa shape index (κ3) is 3.17. The fourth-order valence-electron chi connectivity index (χ4n) is 3.51. The van der Waals surface area contributed by atoms with Gasteiger partial charge in [0.25, 0.3) is 5.56 Å². The van der Waals surface area contributed by atoms with Gasteiger partial charge >= 0.3 is 0 Å². The number of aromatic nitrogens is 2. The van der Waals surface area contributed by atoms with E-state index >= 15 is 0 Å². The first-order chi connectivity index (χ1) is 12.7. The Bertz CT molecular complexity index is 993. The number of nitrogens with zero attached hydrogens (tertiary/aromatic N) is 3. The Labute approximate surface area is 155 Å². The fraction of sp³-hybridized carbons (Fsp3) is 0.350.